The number of oxazole rings is 1. The van der Waals surface area contributed by atoms with E-state index in [2.05, 4.69) is 9.88 Å². The highest BCUT2D eigenvalue weighted by Crippen LogP contribution is 2.27. The zero-order valence-corrected chi connectivity index (χ0v) is 13.3. The van der Waals surface area contributed by atoms with Crippen LogP contribution in [0.5, 0.6) is 0 Å². The molecule has 0 spiro atoms. The zero-order chi connectivity index (χ0) is 15.9. The van der Waals surface area contributed by atoms with Crippen molar-refractivity contribution in [1.82, 2.24) is 9.88 Å². The van der Waals surface area contributed by atoms with E-state index in [0.29, 0.717) is 18.0 Å². The summed E-state index contributed by atoms with van der Waals surface area (Å²) in [4.78, 5) is 6.48. The lowest BCUT2D eigenvalue weighted by Crippen LogP contribution is -2.36. The topological polar surface area (TPSA) is 49.5 Å². The molecule has 2 atom stereocenters. The van der Waals surface area contributed by atoms with E-state index in [4.69, 9.17) is 4.42 Å². The van der Waals surface area contributed by atoms with Gasteiger partial charge in [0.05, 0.1) is 6.10 Å². The number of halogens is 1. The van der Waals surface area contributed by atoms with Crippen molar-refractivity contribution >= 4 is 11.1 Å². The molecule has 1 aliphatic rings. The molecule has 0 unspecified atom stereocenters. The zero-order valence-electron chi connectivity index (χ0n) is 13.3. The SMILES string of the molecule is CC(C)c1nc2cc(CN(C)[C@H]3CCC[C@H]3O)cc(F)c2o1. The molecular formula is C17H23FN2O2. The second-order valence-corrected chi connectivity index (χ2v) is 6.61. The summed E-state index contributed by atoms with van der Waals surface area (Å²) in [5.74, 6) is 0.324. The minimum atomic E-state index is -0.368. The van der Waals surface area contributed by atoms with Gasteiger partial charge in [-0.2, -0.15) is 0 Å². The first-order valence-electron chi connectivity index (χ1n) is 7.93. The Morgan fingerprint density at radius 3 is 2.82 bits per heavy atom. The second-order valence-electron chi connectivity index (χ2n) is 6.61. The average molecular weight is 306 g/mol. The average Bonchev–Trinajstić information content (AvgIpc) is 3.04. The highest BCUT2D eigenvalue weighted by atomic mass is 19.1. The summed E-state index contributed by atoms with van der Waals surface area (Å²) in [5, 5.41) is 9.99. The number of aromatic nitrogens is 1. The van der Waals surface area contributed by atoms with Gasteiger partial charge in [0.15, 0.2) is 17.3 Å². The van der Waals surface area contributed by atoms with Gasteiger partial charge in [-0.25, -0.2) is 9.37 Å². The van der Waals surface area contributed by atoms with Gasteiger partial charge in [-0.05, 0) is 44.0 Å². The molecule has 5 heteroatoms. The number of aliphatic hydroxyl groups excluding tert-OH is 1. The van der Waals surface area contributed by atoms with E-state index in [1.165, 1.54) is 6.07 Å². The Kier molecular flexibility index (Phi) is 4.19. The fourth-order valence-electron chi connectivity index (χ4n) is 3.24. The lowest BCUT2D eigenvalue weighted by Gasteiger charge is -2.26. The van der Waals surface area contributed by atoms with Crippen molar-refractivity contribution in [2.45, 2.75) is 57.7 Å². The third-order valence-corrected chi connectivity index (χ3v) is 4.46. The van der Waals surface area contributed by atoms with E-state index >= 15 is 0 Å². The Hall–Kier alpha value is -1.46. The molecule has 1 fully saturated rings. The number of fused-ring (bicyclic) bond motifs is 1. The molecule has 1 aromatic heterocycles. The molecule has 3 rings (SSSR count). The summed E-state index contributed by atoms with van der Waals surface area (Å²) in [7, 11) is 1.98. The van der Waals surface area contributed by atoms with Gasteiger partial charge in [-0.1, -0.05) is 13.8 Å². The molecule has 0 radical (unpaired) electrons. The Bertz CT molecular complexity index is 668. The molecule has 22 heavy (non-hydrogen) atoms. The Balaban J connectivity index is 1.84. The molecule has 0 amide bonds. The fraction of sp³-hybridized carbons (Fsp3) is 0.588. The Labute approximate surface area is 129 Å². The predicted octanol–water partition coefficient (Wildman–Crippen LogP) is 3.44. The van der Waals surface area contributed by atoms with Crippen molar-refractivity contribution < 1.29 is 13.9 Å². The number of hydrogen-bond donors (Lipinski definition) is 1. The van der Waals surface area contributed by atoms with Crippen LogP contribution in [0.3, 0.4) is 0 Å². The first-order chi connectivity index (χ1) is 10.5. The highest BCUT2D eigenvalue weighted by Gasteiger charge is 2.28. The van der Waals surface area contributed by atoms with Crippen LogP contribution in [0.1, 0.15) is 50.5 Å². The number of nitrogens with zero attached hydrogens (tertiary/aromatic N) is 2. The number of rotatable bonds is 4. The standard InChI is InChI=1S/C17H23FN2O2/c1-10(2)17-19-13-8-11(7-12(18)16(13)22-17)9-20(3)14-5-4-6-15(14)21/h7-8,10,14-15,21H,4-6,9H2,1-3H3/t14-,15+/m0/s1. The minimum Gasteiger partial charge on any atom is -0.437 e. The summed E-state index contributed by atoms with van der Waals surface area (Å²) in [6.45, 7) is 4.54. The van der Waals surface area contributed by atoms with Gasteiger partial charge in [-0.15, -0.1) is 0 Å². The fourth-order valence-corrected chi connectivity index (χ4v) is 3.24. The number of hydrogen-bond acceptors (Lipinski definition) is 4. The van der Waals surface area contributed by atoms with Crippen LogP contribution in [0.4, 0.5) is 4.39 Å². The molecule has 1 heterocycles. The molecular weight excluding hydrogens is 283 g/mol. The predicted molar refractivity (Wildman–Crippen MR) is 83.2 cm³/mol. The van der Waals surface area contributed by atoms with Crippen LogP contribution in [0.15, 0.2) is 16.5 Å². The molecule has 4 nitrogen and oxygen atoms in total. The van der Waals surface area contributed by atoms with Crippen molar-refractivity contribution in [2.24, 2.45) is 0 Å². The Morgan fingerprint density at radius 2 is 2.18 bits per heavy atom. The number of likely N-dealkylation sites (N-methyl/N-ethyl adjacent to an activating group) is 1. The van der Waals surface area contributed by atoms with E-state index in [9.17, 15) is 9.50 Å². The largest absolute Gasteiger partial charge is 0.437 e. The lowest BCUT2D eigenvalue weighted by atomic mass is 10.1. The van der Waals surface area contributed by atoms with E-state index in [0.717, 1.165) is 24.8 Å². The summed E-state index contributed by atoms with van der Waals surface area (Å²) >= 11 is 0. The third-order valence-electron chi connectivity index (χ3n) is 4.46. The quantitative estimate of drug-likeness (QED) is 0.940. The molecule has 1 N–H and O–H groups in total. The molecule has 1 aliphatic carbocycles. The maximum Gasteiger partial charge on any atom is 0.198 e. The van der Waals surface area contributed by atoms with Gasteiger partial charge in [-0.3, -0.25) is 4.90 Å². The summed E-state index contributed by atoms with van der Waals surface area (Å²) in [6, 6.07) is 3.54. The van der Waals surface area contributed by atoms with Crippen molar-refractivity contribution in [1.29, 1.82) is 0 Å². The molecule has 1 saturated carbocycles. The Morgan fingerprint density at radius 1 is 1.41 bits per heavy atom. The smallest absolute Gasteiger partial charge is 0.198 e. The van der Waals surface area contributed by atoms with E-state index in [1.807, 2.05) is 27.0 Å². The molecule has 0 saturated heterocycles. The maximum atomic E-state index is 14.2. The van der Waals surface area contributed by atoms with Crippen molar-refractivity contribution in [3.63, 3.8) is 0 Å². The van der Waals surface area contributed by atoms with Crippen LogP contribution >= 0.6 is 0 Å². The van der Waals surface area contributed by atoms with Crippen molar-refractivity contribution in [3.8, 4) is 0 Å². The highest BCUT2D eigenvalue weighted by molar-refractivity contribution is 5.74. The van der Waals surface area contributed by atoms with Crippen molar-refractivity contribution in [3.05, 3.63) is 29.4 Å². The van der Waals surface area contributed by atoms with Crippen molar-refractivity contribution in [2.75, 3.05) is 7.05 Å². The maximum absolute atomic E-state index is 14.2. The lowest BCUT2D eigenvalue weighted by molar-refractivity contribution is 0.0825. The summed E-state index contributed by atoms with van der Waals surface area (Å²) in [6.07, 6.45) is 2.61. The van der Waals surface area contributed by atoms with Crippen LogP contribution in [0, 0.1) is 5.82 Å². The van der Waals surface area contributed by atoms with Gasteiger partial charge in [0, 0.05) is 18.5 Å². The van der Waals surface area contributed by atoms with Crippen LogP contribution in [0.25, 0.3) is 11.1 Å². The van der Waals surface area contributed by atoms with Crippen LogP contribution in [0.2, 0.25) is 0 Å². The normalized spacial score (nSPS) is 22.3. The van der Waals surface area contributed by atoms with Gasteiger partial charge < -0.3 is 9.52 Å². The van der Waals surface area contributed by atoms with E-state index in [-0.39, 0.29) is 29.5 Å². The van der Waals surface area contributed by atoms with Gasteiger partial charge >= 0.3 is 0 Å². The first kappa shape index (κ1) is 15.4. The first-order valence-corrected chi connectivity index (χ1v) is 7.93. The van der Waals surface area contributed by atoms with E-state index < -0.39 is 0 Å². The third kappa shape index (κ3) is 2.88. The second kappa shape index (κ2) is 5.97. The summed E-state index contributed by atoms with van der Waals surface area (Å²) < 4.78 is 19.7. The van der Waals surface area contributed by atoms with Gasteiger partial charge in [0.1, 0.15) is 5.52 Å². The molecule has 120 valence electrons. The monoisotopic (exact) mass is 306 g/mol. The van der Waals surface area contributed by atoms with Crippen LogP contribution in [-0.4, -0.2) is 34.2 Å². The number of aliphatic hydroxyl groups is 1. The van der Waals surface area contributed by atoms with Gasteiger partial charge in [0.2, 0.25) is 0 Å². The number of benzene rings is 1. The van der Waals surface area contributed by atoms with Crippen LogP contribution in [-0.2, 0) is 6.54 Å². The molecule has 1 aromatic carbocycles. The minimum absolute atomic E-state index is 0.131. The van der Waals surface area contributed by atoms with Gasteiger partial charge in [0.25, 0.3) is 0 Å². The summed E-state index contributed by atoms with van der Waals surface area (Å²) in [5.41, 5.74) is 1.66. The van der Waals surface area contributed by atoms with Crippen LogP contribution < -0.4 is 0 Å². The molecule has 2 aromatic rings. The molecule has 0 bridgehead atoms. The van der Waals surface area contributed by atoms with E-state index in [1.54, 1.807) is 0 Å². The molecule has 0 aliphatic heterocycles.